The lowest BCUT2D eigenvalue weighted by Gasteiger charge is -2.14. The molecular weight excluding hydrogens is 242 g/mol. The number of rotatable bonds is 5. The van der Waals surface area contributed by atoms with Gasteiger partial charge in [0, 0.05) is 23.1 Å². The third-order valence-corrected chi connectivity index (χ3v) is 3.70. The molecule has 0 spiro atoms. The van der Waals surface area contributed by atoms with Crippen LogP contribution in [0.1, 0.15) is 43.1 Å². The van der Waals surface area contributed by atoms with Crippen LogP contribution in [0.15, 0.2) is 6.07 Å². The van der Waals surface area contributed by atoms with Gasteiger partial charge < -0.3 is 11.1 Å². The van der Waals surface area contributed by atoms with Crippen LogP contribution in [0.5, 0.6) is 0 Å². The number of anilines is 1. The van der Waals surface area contributed by atoms with Crippen LogP contribution in [-0.4, -0.2) is 16.0 Å². The summed E-state index contributed by atoms with van der Waals surface area (Å²) in [7, 11) is 0. The van der Waals surface area contributed by atoms with Gasteiger partial charge in [0.1, 0.15) is 4.99 Å². The predicted molar refractivity (Wildman–Crippen MR) is 80.0 cm³/mol. The van der Waals surface area contributed by atoms with E-state index in [1.54, 1.807) is 0 Å². The quantitative estimate of drug-likeness (QED) is 0.802. The van der Waals surface area contributed by atoms with Crippen molar-refractivity contribution in [3.05, 3.63) is 23.0 Å². The van der Waals surface area contributed by atoms with Crippen LogP contribution in [0.4, 0.5) is 5.69 Å². The van der Waals surface area contributed by atoms with E-state index < -0.39 is 0 Å². The standard InChI is InChI=1S/C14H21N3S/c1-4-5-10-7-11(10)17-12-6-8(2)16-9(3)13(12)14(15)18/h6,10-11H,4-5,7H2,1-3H3,(H2,15,18)(H,16,17). The lowest BCUT2D eigenvalue weighted by atomic mass is 10.1. The summed E-state index contributed by atoms with van der Waals surface area (Å²) in [5.74, 6) is 0.808. The van der Waals surface area contributed by atoms with Crippen molar-refractivity contribution in [3.8, 4) is 0 Å². The van der Waals surface area contributed by atoms with E-state index >= 15 is 0 Å². The molecule has 1 aromatic heterocycles. The first-order valence-electron chi connectivity index (χ1n) is 6.57. The summed E-state index contributed by atoms with van der Waals surface area (Å²) in [5, 5.41) is 3.57. The number of nitrogens with zero attached hydrogens (tertiary/aromatic N) is 1. The van der Waals surface area contributed by atoms with Crippen molar-refractivity contribution in [2.24, 2.45) is 11.7 Å². The second-order valence-electron chi connectivity index (χ2n) is 5.17. The van der Waals surface area contributed by atoms with Crippen molar-refractivity contribution >= 4 is 22.9 Å². The first kappa shape index (κ1) is 13.3. The predicted octanol–water partition coefficient (Wildman–Crippen LogP) is 2.93. The molecule has 2 rings (SSSR count). The fraction of sp³-hybridized carbons (Fsp3) is 0.571. The van der Waals surface area contributed by atoms with Crippen LogP contribution >= 0.6 is 12.2 Å². The second kappa shape index (κ2) is 5.22. The Morgan fingerprint density at radius 1 is 1.56 bits per heavy atom. The third-order valence-electron chi connectivity index (χ3n) is 3.50. The first-order valence-corrected chi connectivity index (χ1v) is 6.98. The van der Waals surface area contributed by atoms with E-state index in [0.29, 0.717) is 11.0 Å². The Morgan fingerprint density at radius 2 is 2.28 bits per heavy atom. The molecule has 3 N–H and O–H groups in total. The van der Waals surface area contributed by atoms with E-state index in [1.807, 2.05) is 19.9 Å². The zero-order valence-electron chi connectivity index (χ0n) is 11.3. The van der Waals surface area contributed by atoms with Crippen molar-refractivity contribution in [1.82, 2.24) is 4.98 Å². The maximum absolute atomic E-state index is 5.81. The fourth-order valence-corrected chi connectivity index (χ4v) is 2.83. The van der Waals surface area contributed by atoms with Gasteiger partial charge in [-0.1, -0.05) is 25.6 Å². The van der Waals surface area contributed by atoms with E-state index in [4.69, 9.17) is 18.0 Å². The van der Waals surface area contributed by atoms with Gasteiger partial charge in [-0.2, -0.15) is 0 Å². The summed E-state index contributed by atoms with van der Waals surface area (Å²) in [6.45, 7) is 6.19. The fourth-order valence-electron chi connectivity index (χ4n) is 2.57. The molecule has 1 aromatic rings. The number of hydrogen-bond donors (Lipinski definition) is 2. The molecular formula is C14H21N3S. The Bertz CT molecular complexity index is 470. The largest absolute Gasteiger partial charge is 0.389 e. The highest BCUT2D eigenvalue weighted by molar-refractivity contribution is 7.80. The molecule has 0 saturated heterocycles. The highest BCUT2D eigenvalue weighted by atomic mass is 32.1. The van der Waals surface area contributed by atoms with Gasteiger partial charge in [0.15, 0.2) is 0 Å². The van der Waals surface area contributed by atoms with Gasteiger partial charge >= 0.3 is 0 Å². The van der Waals surface area contributed by atoms with Crippen LogP contribution in [0, 0.1) is 19.8 Å². The SMILES string of the molecule is CCCC1CC1Nc1cc(C)nc(C)c1C(N)=S. The number of pyridine rings is 1. The molecule has 0 bridgehead atoms. The number of nitrogens with one attached hydrogen (secondary N) is 1. The molecule has 1 saturated carbocycles. The molecule has 2 unspecified atom stereocenters. The van der Waals surface area contributed by atoms with Gasteiger partial charge in [0.2, 0.25) is 0 Å². The summed E-state index contributed by atoms with van der Waals surface area (Å²) in [5.41, 5.74) is 9.68. The molecule has 0 aliphatic heterocycles. The van der Waals surface area contributed by atoms with E-state index in [9.17, 15) is 0 Å². The zero-order valence-corrected chi connectivity index (χ0v) is 12.1. The zero-order chi connectivity index (χ0) is 13.3. The smallest absolute Gasteiger partial charge is 0.107 e. The molecule has 4 heteroatoms. The normalized spacial score (nSPS) is 21.7. The summed E-state index contributed by atoms with van der Waals surface area (Å²) >= 11 is 5.13. The lowest BCUT2D eigenvalue weighted by molar-refractivity contribution is 0.692. The molecule has 3 nitrogen and oxygen atoms in total. The average molecular weight is 263 g/mol. The van der Waals surface area contributed by atoms with E-state index in [0.717, 1.165) is 28.6 Å². The monoisotopic (exact) mass is 263 g/mol. The van der Waals surface area contributed by atoms with Crippen molar-refractivity contribution in [2.45, 2.75) is 46.1 Å². The number of aryl methyl sites for hydroxylation is 2. The Morgan fingerprint density at radius 3 is 2.89 bits per heavy atom. The minimum atomic E-state index is 0.426. The Hall–Kier alpha value is -1.16. The molecule has 0 amide bonds. The summed E-state index contributed by atoms with van der Waals surface area (Å²) in [6.07, 6.45) is 3.80. The molecule has 1 fully saturated rings. The van der Waals surface area contributed by atoms with Gasteiger partial charge in [-0.15, -0.1) is 0 Å². The van der Waals surface area contributed by atoms with Crippen molar-refractivity contribution in [1.29, 1.82) is 0 Å². The highest BCUT2D eigenvalue weighted by Crippen LogP contribution is 2.38. The lowest BCUT2D eigenvalue weighted by Crippen LogP contribution is -2.17. The number of thiocarbonyl (C=S) groups is 1. The van der Waals surface area contributed by atoms with Crippen molar-refractivity contribution in [3.63, 3.8) is 0 Å². The first-order chi connectivity index (χ1) is 8.52. The van der Waals surface area contributed by atoms with Crippen LogP contribution in [0.3, 0.4) is 0 Å². The minimum absolute atomic E-state index is 0.426. The second-order valence-corrected chi connectivity index (χ2v) is 5.61. The van der Waals surface area contributed by atoms with Gasteiger partial charge in [0.05, 0.1) is 5.56 Å². The van der Waals surface area contributed by atoms with Crippen LogP contribution in [-0.2, 0) is 0 Å². The van der Waals surface area contributed by atoms with Crippen molar-refractivity contribution < 1.29 is 0 Å². The number of hydrogen-bond acceptors (Lipinski definition) is 3. The molecule has 2 atom stereocenters. The average Bonchev–Trinajstić information content (AvgIpc) is 2.94. The van der Waals surface area contributed by atoms with E-state index in [1.165, 1.54) is 19.3 Å². The number of nitrogens with two attached hydrogens (primary N) is 1. The Balaban J connectivity index is 2.19. The van der Waals surface area contributed by atoms with Crippen LogP contribution < -0.4 is 11.1 Å². The summed E-state index contributed by atoms with van der Waals surface area (Å²) in [6, 6.07) is 2.63. The molecule has 1 heterocycles. The summed E-state index contributed by atoms with van der Waals surface area (Å²) in [4.78, 5) is 4.86. The minimum Gasteiger partial charge on any atom is -0.389 e. The summed E-state index contributed by atoms with van der Waals surface area (Å²) < 4.78 is 0. The molecule has 1 aliphatic rings. The van der Waals surface area contributed by atoms with E-state index in [-0.39, 0.29) is 0 Å². The Labute approximate surface area is 114 Å². The molecule has 98 valence electrons. The molecule has 1 aliphatic carbocycles. The Kier molecular flexibility index (Phi) is 3.85. The maximum Gasteiger partial charge on any atom is 0.107 e. The topological polar surface area (TPSA) is 50.9 Å². The van der Waals surface area contributed by atoms with Crippen LogP contribution in [0.25, 0.3) is 0 Å². The molecule has 18 heavy (non-hydrogen) atoms. The van der Waals surface area contributed by atoms with Crippen molar-refractivity contribution in [2.75, 3.05) is 5.32 Å². The highest BCUT2D eigenvalue weighted by Gasteiger charge is 2.36. The van der Waals surface area contributed by atoms with Gasteiger partial charge in [-0.25, -0.2) is 0 Å². The third kappa shape index (κ3) is 2.80. The van der Waals surface area contributed by atoms with Gasteiger partial charge in [0.25, 0.3) is 0 Å². The van der Waals surface area contributed by atoms with Gasteiger partial charge in [-0.05, 0) is 38.7 Å². The van der Waals surface area contributed by atoms with E-state index in [2.05, 4.69) is 17.2 Å². The van der Waals surface area contributed by atoms with Gasteiger partial charge in [-0.3, -0.25) is 4.98 Å². The maximum atomic E-state index is 5.81. The van der Waals surface area contributed by atoms with Crippen LogP contribution in [0.2, 0.25) is 0 Å². The molecule has 0 radical (unpaired) electrons. The number of aromatic nitrogens is 1. The molecule has 0 aromatic carbocycles.